The Morgan fingerprint density at radius 1 is 1.60 bits per heavy atom. The van der Waals surface area contributed by atoms with Crippen LogP contribution in [0, 0.1) is 0 Å². The average molecular weight is 207 g/mol. The Labute approximate surface area is 88.0 Å². The fourth-order valence-corrected chi connectivity index (χ4v) is 1.10. The smallest absolute Gasteiger partial charge is 0.351 e. The van der Waals surface area contributed by atoms with Gasteiger partial charge in [0.15, 0.2) is 0 Å². The van der Waals surface area contributed by atoms with Crippen molar-refractivity contribution in [3.05, 3.63) is 35.5 Å². The van der Waals surface area contributed by atoms with Crippen LogP contribution in [-0.4, -0.2) is 17.7 Å². The average Bonchev–Trinajstić information content (AvgIpc) is 2.18. The summed E-state index contributed by atoms with van der Waals surface area (Å²) in [4.78, 5) is 10.5. The lowest BCUT2D eigenvalue weighted by Crippen LogP contribution is -2.09. The van der Waals surface area contributed by atoms with Crippen LogP contribution in [0.1, 0.15) is 12.5 Å². The van der Waals surface area contributed by atoms with Gasteiger partial charge in [0.1, 0.15) is 11.4 Å². The number of carboxylic acids is 1. The third-order valence-corrected chi connectivity index (χ3v) is 1.74. The van der Waals surface area contributed by atoms with Gasteiger partial charge in [-0.3, -0.25) is 0 Å². The van der Waals surface area contributed by atoms with Crippen LogP contribution >= 0.6 is 0 Å². The summed E-state index contributed by atoms with van der Waals surface area (Å²) < 4.78 is 5.27. The van der Waals surface area contributed by atoms with Crippen LogP contribution in [0.25, 0.3) is 6.08 Å². The molecule has 0 amide bonds. The molecule has 0 spiro atoms. The number of nitrogens with two attached hydrogens (primary N) is 1. The molecule has 0 saturated heterocycles. The van der Waals surface area contributed by atoms with Crippen molar-refractivity contribution >= 4 is 12.0 Å². The quantitative estimate of drug-likeness (QED) is 0.733. The Morgan fingerprint density at radius 3 is 2.93 bits per heavy atom. The molecular formula is C11H13NO3. The number of carboxylic acid groups (broad SMARTS) is 1. The van der Waals surface area contributed by atoms with Gasteiger partial charge in [-0.1, -0.05) is 12.1 Å². The molecule has 0 unspecified atom stereocenters. The van der Waals surface area contributed by atoms with Crippen LogP contribution in [0.3, 0.4) is 0 Å². The van der Waals surface area contributed by atoms with Gasteiger partial charge in [-0.25, -0.2) is 4.79 Å². The van der Waals surface area contributed by atoms with Gasteiger partial charge < -0.3 is 15.6 Å². The molecule has 0 aliphatic rings. The zero-order chi connectivity index (χ0) is 11.3. The molecule has 1 rings (SSSR count). The molecule has 4 heteroatoms. The van der Waals surface area contributed by atoms with Gasteiger partial charge in [0.2, 0.25) is 0 Å². The van der Waals surface area contributed by atoms with Crippen molar-refractivity contribution in [1.29, 1.82) is 0 Å². The van der Waals surface area contributed by atoms with E-state index in [-0.39, 0.29) is 5.70 Å². The summed E-state index contributed by atoms with van der Waals surface area (Å²) >= 11 is 0. The lowest BCUT2D eigenvalue weighted by molar-refractivity contribution is -0.132. The first-order valence-corrected chi connectivity index (χ1v) is 4.57. The van der Waals surface area contributed by atoms with E-state index in [1.54, 1.807) is 24.3 Å². The molecule has 0 heterocycles. The molecule has 1 aromatic carbocycles. The van der Waals surface area contributed by atoms with E-state index in [1.165, 1.54) is 6.08 Å². The van der Waals surface area contributed by atoms with Crippen molar-refractivity contribution in [2.45, 2.75) is 6.92 Å². The van der Waals surface area contributed by atoms with Crippen LogP contribution in [0.5, 0.6) is 5.75 Å². The highest BCUT2D eigenvalue weighted by atomic mass is 16.5. The SMILES string of the molecule is CCOc1cccc(/C=C(/N)C(=O)O)c1. The summed E-state index contributed by atoms with van der Waals surface area (Å²) in [6.45, 7) is 2.45. The van der Waals surface area contributed by atoms with Gasteiger partial charge in [-0.05, 0) is 30.7 Å². The fraction of sp³-hybridized carbons (Fsp3) is 0.182. The minimum atomic E-state index is -1.13. The van der Waals surface area contributed by atoms with Gasteiger partial charge >= 0.3 is 5.97 Å². The number of benzene rings is 1. The number of aliphatic carboxylic acids is 1. The monoisotopic (exact) mass is 207 g/mol. The van der Waals surface area contributed by atoms with E-state index >= 15 is 0 Å². The highest BCUT2D eigenvalue weighted by Gasteiger charge is 2.01. The molecule has 0 bridgehead atoms. The van der Waals surface area contributed by atoms with Gasteiger partial charge in [0.05, 0.1) is 6.61 Å². The van der Waals surface area contributed by atoms with Gasteiger partial charge in [-0.2, -0.15) is 0 Å². The number of rotatable bonds is 4. The van der Waals surface area contributed by atoms with Crippen molar-refractivity contribution in [1.82, 2.24) is 0 Å². The fourth-order valence-electron chi connectivity index (χ4n) is 1.10. The Kier molecular flexibility index (Phi) is 3.74. The molecule has 80 valence electrons. The first-order valence-electron chi connectivity index (χ1n) is 4.57. The predicted octanol–water partition coefficient (Wildman–Crippen LogP) is 1.47. The zero-order valence-corrected chi connectivity index (χ0v) is 8.43. The molecule has 1 aromatic rings. The summed E-state index contributed by atoms with van der Waals surface area (Å²) in [5, 5.41) is 8.59. The summed E-state index contributed by atoms with van der Waals surface area (Å²) in [7, 11) is 0. The number of ether oxygens (including phenoxy) is 1. The van der Waals surface area contributed by atoms with Crippen molar-refractivity contribution in [2.24, 2.45) is 5.73 Å². The third-order valence-electron chi connectivity index (χ3n) is 1.74. The maximum Gasteiger partial charge on any atom is 0.351 e. The number of hydrogen-bond acceptors (Lipinski definition) is 3. The third kappa shape index (κ3) is 3.34. The van der Waals surface area contributed by atoms with E-state index in [2.05, 4.69) is 0 Å². The minimum absolute atomic E-state index is 0.191. The molecule has 0 aliphatic carbocycles. The molecule has 0 aliphatic heterocycles. The van der Waals surface area contributed by atoms with Crippen LogP contribution < -0.4 is 10.5 Å². The molecule has 0 aromatic heterocycles. The van der Waals surface area contributed by atoms with Crippen LogP contribution in [0.2, 0.25) is 0 Å². The molecule has 0 atom stereocenters. The Balaban J connectivity index is 2.91. The Hall–Kier alpha value is -1.97. The molecule has 0 saturated carbocycles. The predicted molar refractivity (Wildman–Crippen MR) is 57.4 cm³/mol. The van der Waals surface area contributed by atoms with Crippen molar-refractivity contribution in [2.75, 3.05) is 6.61 Å². The van der Waals surface area contributed by atoms with E-state index in [0.29, 0.717) is 17.9 Å². The van der Waals surface area contributed by atoms with Gasteiger partial charge in [-0.15, -0.1) is 0 Å². The second-order valence-electron chi connectivity index (χ2n) is 2.91. The van der Waals surface area contributed by atoms with Crippen molar-refractivity contribution in [3.8, 4) is 5.75 Å². The normalized spacial score (nSPS) is 11.1. The molecule has 4 nitrogen and oxygen atoms in total. The van der Waals surface area contributed by atoms with E-state index in [1.807, 2.05) is 6.92 Å². The van der Waals surface area contributed by atoms with E-state index in [0.717, 1.165) is 0 Å². The van der Waals surface area contributed by atoms with Crippen LogP contribution in [-0.2, 0) is 4.79 Å². The summed E-state index contributed by atoms with van der Waals surface area (Å²) in [6, 6.07) is 7.08. The minimum Gasteiger partial charge on any atom is -0.494 e. The molecule has 15 heavy (non-hydrogen) atoms. The van der Waals surface area contributed by atoms with E-state index < -0.39 is 5.97 Å². The molecule has 3 N–H and O–H groups in total. The molecule has 0 fully saturated rings. The van der Waals surface area contributed by atoms with Crippen LogP contribution in [0.15, 0.2) is 30.0 Å². The molecule has 0 radical (unpaired) electrons. The zero-order valence-electron chi connectivity index (χ0n) is 8.43. The topological polar surface area (TPSA) is 72.5 Å². The largest absolute Gasteiger partial charge is 0.494 e. The Morgan fingerprint density at radius 2 is 2.33 bits per heavy atom. The summed E-state index contributed by atoms with van der Waals surface area (Å²) in [5.41, 5.74) is 5.81. The lowest BCUT2D eigenvalue weighted by Gasteiger charge is -2.03. The van der Waals surface area contributed by atoms with Crippen molar-refractivity contribution < 1.29 is 14.6 Å². The highest BCUT2D eigenvalue weighted by Crippen LogP contribution is 2.14. The highest BCUT2D eigenvalue weighted by molar-refractivity contribution is 5.91. The standard InChI is InChI=1S/C11H13NO3/c1-2-15-9-5-3-4-8(6-9)7-10(12)11(13)14/h3-7H,2,12H2,1H3,(H,13,14)/b10-7+. The maximum atomic E-state index is 10.5. The van der Waals surface area contributed by atoms with Gasteiger partial charge in [0, 0.05) is 0 Å². The number of hydrogen-bond donors (Lipinski definition) is 2. The second-order valence-corrected chi connectivity index (χ2v) is 2.91. The van der Waals surface area contributed by atoms with Crippen LogP contribution in [0.4, 0.5) is 0 Å². The Bertz CT molecular complexity index is 385. The van der Waals surface area contributed by atoms with Crippen molar-refractivity contribution in [3.63, 3.8) is 0 Å². The maximum absolute atomic E-state index is 10.5. The van der Waals surface area contributed by atoms with E-state index in [4.69, 9.17) is 15.6 Å². The summed E-state index contributed by atoms with van der Waals surface area (Å²) in [6.07, 6.45) is 1.39. The molecular weight excluding hydrogens is 194 g/mol. The second kappa shape index (κ2) is 5.05. The number of carbonyl (C=O) groups is 1. The lowest BCUT2D eigenvalue weighted by atomic mass is 10.2. The summed E-state index contributed by atoms with van der Waals surface area (Å²) in [5.74, 6) is -0.429. The van der Waals surface area contributed by atoms with E-state index in [9.17, 15) is 4.79 Å². The first kappa shape index (κ1) is 11.1. The first-order chi connectivity index (χ1) is 7.13. The van der Waals surface area contributed by atoms with Gasteiger partial charge in [0.25, 0.3) is 0 Å².